The maximum absolute atomic E-state index is 11.8. The second kappa shape index (κ2) is 8.39. The van der Waals surface area contributed by atoms with Gasteiger partial charge in [-0.1, -0.05) is 30.3 Å². The van der Waals surface area contributed by atoms with E-state index in [1.54, 1.807) is 0 Å². The first-order valence-corrected chi connectivity index (χ1v) is 8.51. The molecule has 126 valence electrons. The van der Waals surface area contributed by atoms with E-state index in [-0.39, 0.29) is 12.5 Å². The van der Waals surface area contributed by atoms with Gasteiger partial charge in [0.2, 0.25) is 0 Å². The summed E-state index contributed by atoms with van der Waals surface area (Å²) in [4.78, 5) is 11.8. The molecule has 0 aliphatic heterocycles. The lowest BCUT2D eigenvalue weighted by molar-refractivity contribution is -0.123. The number of nitrogens with one attached hydrogen (secondary N) is 1. The van der Waals surface area contributed by atoms with Crippen molar-refractivity contribution in [2.24, 2.45) is 0 Å². The van der Waals surface area contributed by atoms with E-state index in [9.17, 15) is 4.79 Å². The smallest absolute Gasteiger partial charge is 0.258 e. The molecule has 0 saturated carbocycles. The molecule has 0 aromatic heterocycles. The third-order valence-corrected chi connectivity index (χ3v) is 4.15. The van der Waals surface area contributed by atoms with Gasteiger partial charge < -0.3 is 14.8 Å². The summed E-state index contributed by atoms with van der Waals surface area (Å²) < 4.78 is 11.3. The zero-order valence-electron chi connectivity index (χ0n) is 13.8. The fourth-order valence-corrected chi connectivity index (χ4v) is 2.95. The van der Waals surface area contributed by atoms with Crippen LogP contribution in [0.2, 0.25) is 0 Å². The molecule has 0 radical (unpaired) electrons. The maximum atomic E-state index is 11.8. The standard InChI is InChI=1S/C20H23NO3/c22-20(15-24-17-9-2-1-3-10-17)21-13-14-23-19-12-6-8-16-7-4-5-11-18(16)19/h1-3,6,8-10,12H,4-5,7,11,13-15H2,(H,21,22). The minimum atomic E-state index is -0.141. The van der Waals surface area contributed by atoms with Crippen LogP contribution >= 0.6 is 0 Å². The van der Waals surface area contributed by atoms with Crippen molar-refractivity contribution >= 4 is 5.91 Å². The van der Waals surface area contributed by atoms with Crippen LogP contribution in [0.1, 0.15) is 24.0 Å². The predicted octanol–water partition coefficient (Wildman–Crippen LogP) is 3.14. The average Bonchev–Trinajstić information content (AvgIpc) is 2.64. The molecule has 2 aromatic rings. The molecule has 0 saturated heterocycles. The normalized spacial score (nSPS) is 13.0. The summed E-state index contributed by atoms with van der Waals surface area (Å²) in [5, 5.41) is 2.81. The van der Waals surface area contributed by atoms with Gasteiger partial charge in [0.25, 0.3) is 5.91 Å². The van der Waals surface area contributed by atoms with Crippen molar-refractivity contribution in [1.29, 1.82) is 0 Å². The van der Waals surface area contributed by atoms with Crippen molar-refractivity contribution in [2.45, 2.75) is 25.7 Å². The summed E-state index contributed by atoms with van der Waals surface area (Å²) in [5.41, 5.74) is 2.74. The number of fused-ring (bicyclic) bond motifs is 1. The summed E-state index contributed by atoms with van der Waals surface area (Å²) >= 11 is 0. The van der Waals surface area contributed by atoms with Crippen LogP contribution in [0.4, 0.5) is 0 Å². The average molecular weight is 325 g/mol. The number of hydrogen-bond donors (Lipinski definition) is 1. The monoisotopic (exact) mass is 325 g/mol. The maximum Gasteiger partial charge on any atom is 0.258 e. The molecule has 0 atom stereocenters. The van der Waals surface area contributed by atoms with Crippen LogP contribution in [-0.2, 0) is 17.6 Å². The van der Waals surface area contributed by atoms with Gasteiger partial charge in [0.1, 0.15) is 18.1 Å². The topological polar surface area (TPSA) is 47.6 Å². The first kappa shape index (κ1) is 16.4. The third kappa shape index (κ3) is 4.51. The highest BCUT2D eigenvalue weighted by molar-refractivity contribution is 5.77. The lowest BCUT2D eigenvalue weighted by Crippen LogP contribution is -2.32. The fourth-order valence-electron chi connectivity index (χ4n) is 2.95. The number of benzene rings is 2. The number of hydrogen-bond acceptors (Lipinski definition) is 3. The number of para-hydroxylation sites is 1. The third-order valence-electron chi connectivity index (χ3n) is 4.15. The van der Waals surface area contributed by atoms with E-state index in [1.165, 1.54) is 24.0 Å². The van der Waals surface area contributed by atoms with Crippen LogP contribution in [0.3, 0.4) is 0 Å². The van der Waals surface area contributed by atoms with E-state index < -0.39 is 0 Å². The number of carbonyl (C=O) groups excluding carboxylic acids is 1. The van der Waals surface area contributed by atoms with Gasteiger partial charge >= 0.3 is 0 Å². The summed E-state index contributed by atoms with van der Waals surface area (Å²) in [5.74, 6) is 1.51. The van der Waals surface area contributed by atoms with Crippen LogP contribution in [0.25, 0.3) is 0 Å². The largest absolute Gasteiger partial charge is 0.491 e. The Morgan fingerprint density at radius 2 is 1.79 bits per heavy atom. The lowest BCUT2D eigenvalue weighted by atomic mass is 9.91. The Hall–Kier alpha value is -2.49. The van der Waals surface area contributed by atoms with E-state index in [0.717, 1.165) is 18.6 Å². The highest BCUT2D eigenvalue weighted by Crippen LogP contribution is 2.29. The summed E-state index contributed by atoms with van der Waals surface area (Å²) in [6.07, 6.45) is 4.71. The number of amides is 1. The molecule has 1 amide bonds. The first-order valence-electron chi connectivity index (χ1n) is 8.51. The van der Waals surface area contributed by atoms with Gasteiger partial charge in [0.15, 0.2) is 6.61 Å². The van der Waals surface area contributed by atoms with Crippen molar-refractivity contribution in [1.82, 2.24) is 5.32 Å². The Kier molecular flexibility index (Phi) is 5.72. The van der Waals surface area contributed by atoms with E-state index in [1.807, 2.05) is 42.5 Å². The number of aryl methyl sites for hydroxylation is 1. The Labute approximate surface area is 142 Å². The second-order valence-electron chi connectivity index (χ2n) is 5.90. The Morgan fingerprint density at radius 1 is 0.958 bits per heavy atom. The molecular formula is C20H23NO3. The molecule has 24 heavy (non-hydrogen) atoms. The minimum absolute atomic E-state index is 0.0186. The van der Waals surface area contributed by atoms with Crippen LogP contribution in [0.5, 0.6) is 11.5 Å². The van der Waals surface area contributed by atoms with Gasteiger partial charge in [-0.15, -0.1) is 0 Å². The van der Waals surface area contributed by atoms with Crippen molar-refractivity contribution in [3.8, 4) is 11.5 Å². The summed E-state index contributed by atoms with van der Waals surface area (Å²) in [6.45, 7) is 0.957. The first-order chi connectivity index (χ1) is 11.8. The highest BCUT2D eigenvalue weighted by Gasteiger charge is 2.13. The van der Waals surface area contributed by atoms with E-state index in [0.29, 0.717) is 18.9 Å². The number of carbonyl (C=O) groups is 1. The molecule has 4 heteroatoms. The molecular weight excluding hydrogens is 302 g/mol. The van der Waals surface area contributed by atoms with Gasteiger partial charge in [0.05, 0.1) is 6.54 Å². The van der Waals surface area contributed by atoms with Gasteiger partial charge in [-0.3, -0.25) is 4.79 Å². The van der Waals surface area contributed by atoms with E-state index in [4.69, 9.17) is 9.47 Å². The van der Waals surface area contributed by atoms with Crippen molar-refractivity contribution in [3.05, 3.63) is 59.7 Å². The molecule has 1 aliphatic carbocycles. The molecule has 0 unspecified atom stereocenters. The molecule has 0 heterocycles. The quantitative estimate of drug-likeness (QED) is 0.796. The highest BCUT2D eigenvalue weighted by atomic mass is 16.5. The predicted molar refractivity (Wildman–Crippen MR) is 93.5 cm³/mol. The zero-order valence-corrected chi connectivity index (χ0v) is 13.8. The summed E-state index contributed by atoms with van der Waals surface area (Å²) in [7, 11) is 0. The molecule has 2 aromatic carbocycles. The molecule has 0 fully saturated rings. The van der Waals surface area contributed by atoms with Crippen LogP contribution in [0, 0.1) is 0 Å². The van der Waals surface area contributed by atoms with Gasteiger partial charge in [-0.05, 0) is 55.0 Å². The Bertz CT molecular complexity index is 670. The second-order valence-corrected chi connectivity index (χ2v) is 5.90. The molecule has 1 aliphatic rings. The Morgan fingerprint density at radius 3 is 2.67 bits per heavy atom. The van der Waals surface area contributed by atoms with Crippen LogP contribution in [0.15, 0.2) is 48.5 Å². The van der Waals surface area contributed by atoms with Gasteiger partial charge in [-0.2, -0.15) is 0 Å². The number of rotatable bonds is 7. The fraction of sp³-hybridized carbons (Fsp3) is 0.350. The van der Waals surface area contributed by atoms with Crippen LogP contribution in [-0.4, -0.2) is 25.7 Å². The molecule has 0 spiro atoms. The molecule has 3 rings (SSSR count). The molecule has 0 bridgehead atoms. The van der Waals surface area contributed by atoms with Crippen LogP contribution < -0.4 is 14.8 Å². The van der Waals surface area contributed by atoms with Crippen molar-refractivity contribution in [2.75, 3.05) is 19.8 Å². The molecule has 1 N–H and O–H groups in total. The Balaban J connectivity index is 1.39. The van der Waals surface area contributed by atoms with Crippen molar-refractivity contribution < 1.29 is 14.3 Å². The summed E-state index contributed by atoms with van der Waals surface area (Å²) in [6, 6.07) is 15.6. The van der Waals surface area contributed by atoms with E-state index >= 15 is 0 Å². The van der Waals surface area contributed by atoms with Gasteiger partial charge in [0, 0.05) is 0 Å². The molecule has 4 nitrogen and oxygen atoms in total. The SMILES string of the molecule is O=C(COc1ccccc1)NCCOc1cccc2c1CCCC2. The zero-order chi connectivity index (χ0) is 16.6. The minimum Gasteiger partial charge on any atom is -0.491 e. The number of ether oxygens (including phenoxy) is 2. The van der Waals surface area contributed by atoms with Gasteiger partial charge in [-0.25, -0.2) is 0 Å². The lowest BCUT2D eigenvalue weighted by Gasteiger charge is -2.19. The van der Waals surface area contributed by atoms with E-state index in [2.05, 4.69) is 11.4 Å². The van der Waals surface area contributed by atoms with Crippen molar-refractivity contribution in [3.63, 3.8) is 0 Å².